The first kappa shape index (κ1) is 12.0. The molecule has 0 unspecified atom stereocenters. The summed E-state index contributed by atoms with van der Waals surface area (Å²) in [5.74, 6) is -0.154. The van der Waals surface area contributed by atoms with Gasteiger partial charge < -0.3 is 10.6 Å². The highest BCUT2D eigenvalue weighted by molar-refractivity contribution is 5.92. The molecular formula is C13H14N4O. The van der Waals surface area contributed by atoms with Crippen LogP contribution in [0.3, 0.4) is 0 Å². The van der Waals surface area contributed by atoms with Gasteiger partial charge in [-0.05, 0) is 29.8 Å². The lowest BCUT2D eigenvalue weighted by atomic mass is 10.2. The summed E-state index contributed by atoms with van der Waals surface area (Å²) in [5.41, 5.74) is 7.53. The number of nitrogens with zero attached hydrogens (tertiary/aromatic N) is 3. The average Bonchev–Trinajstić information content (AvgIpc) is 2.39. The molecular weight excluding hydrogens is 228 g/mol. The first-order valence-corrected chi connectivity index (χ1v) is 5.52. The van der Waals surface area contributed by atoms with E-state index in [-0.39, 0.29) is 5.91 Å². The highest BCUT2D eigenvalue weighted by Crippen LogP contribution is 2.08. The number of hydrogen-bond donors (Lipinski definition) is 1. The fraction of sp³-hybridized carbons (Fsp3) is 0.154. The molecule has 0 saturated carbocycles. The second-order valence-electron chi connectivity index (χ2n) is 3.99. The summed E-state index contributed by atoms with van der Waals surface area (Å²) in [4.78, 5) is 21.6. The minimum Gasteiger partial charge on any atom is -0.399 e. The van der Waals surface area contributed by atoms with Gasteiger partial charge in [-0.25, -0.2) is 0 Å². The molecule has 2 heterocycles. The van der Waals surface area contributed by atoms with Crippen molar-refractivity contribution < 1.29 is 4.79 Å². The monoisotopic (exact) mass is 242 g/mol. The quantitative estimate of drug-likeness (QED) is 0.881. The fourth-order valence-electron chi connectivity index (χ4n) is 1.59. The molecule has 2 aromatic heterocycles. The molecule has 92 valence electrons. The van der Waals surface area contributed by atoms with Gasteiger partial charge >= 0.3 is 0 Å². The van der Waals surface area contributed by atoms with Crippen LogP contribution in [0, 0.1) is 0 Å². The highest BCUT2D eigenvalue weighted by atomic mass is 16.2. The van der Waals surface area contributed by atoms with Gasteiger partial charge in [-0.2, -0.15) is 0 Å². The van der Waals surface area contributed by atoms with E-state index in [1.165, 1.54) is 6.20 Å². The number of nitrogens with two attached hydrogens (primary N) is 1. The number of rotatable bonds is 3. The van der Waals surface area contributed by atoms with E-state index in [1.54, 1.807) is 36.5 Å². The summed E-state index contributed by atoms with van der Waals surface area (Å²) in [7, 11) is 1.73. The summed E-state index contributed by atoms with van der Waals surface area (Å²) in [6.45, 7) is 0.512. The lowest BCUT2D eigenvalue weighted by molar-refractivity contribution is 0.0779. The van der Waals surface area contributed by atoms with Crippen LogP contribution in [0.1, 0.15) is 16.1 Å². The molecule has 0 aliphatic heterocycles. The van der Waals surface area contributed by atoms with Crippen molar-refractivity contribution >= 4 is 11.6 Å². The van der Waals surface area contributed by atoms with Crippen LogP contribution in [-0.4, -0.2) is 27.8 Å². The third-order valence-electron chi connectivity index (χ3n) is 2.52. The minimum absolute atomic E-state index is 0.154. The molecule has 2 N–H and O–H groups in total. The van der Waals surface area contributed by atoms with Crippen molar-refractivity contribution in [1.82, 2.24) is 14.9 Å². The van der Waals surface area contributed by atoms with Crippen LogP contribution >= 0.6 is 0 Å². The Morgan fingerprint density at radius 1 is 1.28 bits per heavy atom. The Morgan fingerprint density at radius 2 is 2.00 bits per heavy atom. The van der Waals surface area contributed by atoms with Crippen LogP contribution in [0.2, 0.25) is 0 Å². The van der Waals surface area contributed by atoms with E-state index >= 15 is 0 Å². The zero-order valence-electron chi connectivity index (χ0n) is 10.1. The van der Waals surface area contributed by atoms with E-state index in [0.717, 1.165) is 5.56 Å². The number of anilines is 1. The van der Waals surface area contributed by atoms with Gasteiger partial charge in [0.05, 0.1) is 0 Å². The van der Waals surface area contributed by atoms with Crippen molar-refractivity contribution in [2.24, 2.45) is 0 Å². The summed E-state index contributed by atoms with van der Waals surface area (Å²) in [6, 6.07) is 6.97. The smallest absolute Gasteiger partial charge is 0.272 e. The number of pyridine rings is 2. The van der Waals surface area contributed by atoms with E-state index in [9.17, 15) is 4.79 Å². The maximum absolute atomic E-state index is 12.1. The van der Waals surface area contributed by atoms with E-state index in [0.29, 0.717) is 17.9 Å². The lowest BCUT2D eigenvalue weighted by Gasteiger charge is -2.16. The minimum atomic E-state index is -0.154. The normalized spacial score (nSPS) is 10.1. The van der Waals surface area contributed by atoms with Crippen molar-refractivity contribution in [2.75, 3.05) is 12.8 Å². The number of aromatic nitrogens is 2. The number of nitrogen functional groups attached to an aromatic ring is 1. The average molecular weight is 242 g/mol. The predicted molar refractivity (Wildman–Crippen MR) is 68.7 cm³/mol. The maximum atomic E-state index is 12.1. The Balaban J connectivity index is 2.10. The van der Waals surface area contributed by atoms with Crippen LogP contribution in [0.4, 0.5) is 5.69 Å². The second-order valence-corrected chi connectivity index (χ2v) is 3.99. The molecule has 0 aromatic carbocycles. The molecule has 0 aliphatic carbocycles. The topological polar surface area (TPSA) is 72.1 Å². The van der Waals surface area contributed by atoms with Gasteiger partial charge in [0.15, 0.2) is 0 Å². The zero-order valence-corrected chi connectivity index (χ0v) is 10.1. The molecule has 0 fully saturated rings. The standard InChI is InChI=1S/C13H14N4O/c1-17(9-10-2-5-15-6-3-10)13(18)12-8-11(14)4-7-16-12/h2-8H,9H2,1H3,(H2,14,16). The molecule has 1 amide bonds. The molecule has 0 saturated heterocycles. The van der Waals surface area contributed by atoms with Crippen LogP contribution in [-0.2, 0) is 6.54 Å². The van der Waals surface area contributed by atoms with Crippen LogP contribution in [0.5, 0.6) is 0 Å². The third kappa shape index (κ3) is 2.82. The molecule has 0 aliphatic rings. The van der Waals surface area contributed by atoms with E-state index in [2.05, 4.69) is 9.97 Å². The molecule has 0 spiro atoms. The van der Waals surface area contributed by atoms with Gasteiger partial charge in [0.2, 0.25) is 0 Å². The number of amides is 1. The van der Waals surface area contributed by atoms with Crippen molar-refractivity contribution in [2.45, 2.75) is 6.54 Å². The van der Waals surface area contributed by atoms with E-state index < -0.39 is 0 Å². The van der Waals surface area contributed by atoms with Gasteiger partial charge in [-0.15, -0.1) is 0 Å². The van der Waals surface area contributed by atoms with E-state index in [1.807, 2.05) is 12.1 Å². The molecule has 5 nitrogen and oxygen atoms in total. The van der Waals surface area contributed by atoms with Gasteiger partial charge in [0, 0.05) is 37.9 Å². The summed E-state index contributed by atoms with van der Waals surface area (Å²) in [6.07, 6.45) is 4.93. The van der Waals surface area contributed by atoms with Crippen LogP contribution in [0.25, 0.3) is 0 Å². The number of carbonyl (C=O) groups excluding carboxylic acids is 1. The van der Waals surface area contributed by atoms with Gasteiger partial charge in [-0.3, -0.25) is 14.8 Å². The van der Waals surface area contributed by atoms with Gasteiger partial charge in [0.1, 0.15) is 5.69 Å². The van der Waals surface area contributed by atoms with Crippen molar-refractivity contribution in [1.29, 1.82) is 0 Å². The SMILES string of the molecule is CN(Cc1ccncc1)C(=O)c1cc(N)ccn1. The zero-order chi connectivity index (χ0) is 13.0. The summed E-state index contributed by atoms with van der Waals surface area (Å²) in [5, 5.41) is 0. The lowest BCUT2D eigenvalue weighted by Crippen LogP contribution is -2.27. The van der Waals surface area contributed by atoms with Crippen molar-refractivity contribution in [3.8, 4) is 0 Å². The van der Waals surface area contributed by atoms with E-state index in [4.69, 9.17) is 5.73 Å². The Bertz CT molecular complexity index is 542. The Morgan fingerprint density at radius 3 is 2.67 bits per heavy atom. The highest BCUT2D eigenvalue weighted by Gasteiger charge is 2.13. The van der Waals surface area contributed by atoms with Gasteiger partial charge in [-0.1, -0.05) is 0 Å². The van der Waals surface area contributed by atoms with Gasteiger partial charge in [0.25, 0.3) is 5.91 Å². The van der Waals surface area contributed by atoms with Crippen LogP contribution < -0.4 is 5.73 Å². The Hall–Kier alpha value is -2.43. The second kappa shape index (κ2) is 5.27. The molecule has 0 radical (unpaired) electrons. The first-order valence-electron chi connectivity index (χ1n) is 5.52. The molecule has 2 aromatic rings. The summed E-state index contributed by atoms with van der Waals surface area (Å²) >= 11 is 0. The Labute approximate surface area is 105 Å². The largest absolute Gasteiger partial charge is 0.399 e. The number of carbonyl (C=O) groups is 1. The molecule has 0 atom stereocenters. The molecule has 2 rings (SSSR count). The molecule has 5 heteroatoms. The predicted octanol–water partition coefficient (Wildman–Crippen LogP) is 1.33. The third-order valence-corrected chi connectivity index (χ3v) is 2.52. The molecule has 18 heavy (non-hydrogen) atoms. The number of hydrogen-bond acceptors (Lipinski definition) is 4. The fourth-order valence-corrected chi connectivity index (χ4v) is 1.59. The van der Waals surface area contributed by atoms with Crippen molar-refractivity contribution in [3.05, 3.63) is 54.1 Å². The Kier molecular flexibility index (Phi) is 3.52. The summed E-state index contributed by atoms with van der Waals surface area (Å²) < 4.78 is 0. The maximum Gasteiger partial charge on any atom is 0.272 e. The van der Waals surface area contributed by atoms with Crippen LogP contribution in [0.15, 0.2) is 42.9 Å². The molecule has 0 bridgehead atoms. The van der Waals surface area contributed by atoms with Crippen molar-refractivity contribution in [3.63, 3.8) is 0 Å². The first-order chi connectivity index (χ1) is 8.66.